The molecular weight excluding hydrogens is 520 g/mol. The van der Waals surface area contributed by atoms with Crippen molar-refractivity contribution in [3.05, 3.63) is 92.9 Å². The lowest BCUT2D eigenvalue weighted by Crippen LogP contribution is -1.83. The second-order valence-corrected chi connectivity index (χ2v) is 7.85. The maximum absolute atomic E-state index is 10.6. The highest BCUT2D eigenvalue weighted by molar-refractivity contribution is 9.11. The van der Waals surface area contributed by atoms with Gasteiger partial charge >= 0.3 is 0 Å². The van der Waals surface area contributed by atoms with E-state index < -0.39 is 0 Å². The van der Waals surface area contributed by atoms with Gasteiger partial charge in [0.2, 0.25) is 0 Å². The predicted molar refractivity (Wildman–Crippen MR) is 121 cm³/mol. The molecule has 4 rings (SSSR count). The molecule has 0 fully saturated rings. The van der Waals surface area contributed by atoms with Crippen LogP contribution in [0, 0.1) is 0 Å². The summed E-state index contributed by atoms with van der Waals surface area (Å²) in [6, 6.07) is 24.4. The van der Waals surface area contributed by atoms with Crippen LogP contribution >= 0.6 is 47.8 Å². The molecule has 0 aliphatic rings. The number of hydrogen-bond donors (Lipinski definition) is 0. The molecule has 4 aromatic carbocycles. The highest BCUT2D eigenvalue weighted by atomic mass is 79.9. The van der Waals surface area contributed by atoms with E-state index in [9.17, 15) is 4.79 Å². The molecule has 4 aromatic rings. The van der Waals surface area contributed by atoms with Gasteiger partial charge in [-0.05, 0) is 65.0 Å². The zero-order valence-electron chi connectivity index (χ0n) is 13.8. The van der Waals surface area contributed by atoms with Gasteiger partial charge in [0.1, 0.15) is 0 Å². The number of rotatable bonds is 2. The third kappa shape index (κ3) is 4.08. The number of carbonyl (C=O) groups is 1. The fourth-order valence-corrected chi connectivity index (χ4v) is 4.79. The number of aldehydes is 1. The van der Waals surface area contributed by atoms with E-state index in [-0.39, 0.29) is 0 Å². The van der Waals surface area contributed by atoms with Gasteiger partial charge in [-0.25, -0.2) is 0 Å². The molecule has 0 heterocycles. The summed E-state index contributed by atoms with van der Waals surface area (Å²) in [6.07, 6.45) is 0.858. The Hall–Kier alpha value is -1.49. The van der Waals surface area contributed by atoms with E-state index in [1.165, 1.54) is 20.8 Å². The molecule has 0 radical (unpaired) electrons. The molecule has 0 bridgehead atoms. The van der Waals surface area contributed by atoms with Crippen LogP contribution in [0.4, 0.5) is 0 Å². The van der Waals surface area contributed by atoms with Crippen LogP contribution in [0.3, 0.4) is 0 Å². The molecule has 0 spiro atoms. The fourth-order valence-electron chi connectivity index (χ4n) is 2.72. The van der Waals surface area contributed by atoms with E-state index >= 15 is 0 Å². The summed E-state index contributed by atoms with van der Waals surface area (Å²) in [5, 5.41) is 5.66. The Morgan fingerprint density at radius 3 is 1.81 bits per heavy atom. The molecule has 0 aromatic heterocycles. The molecule has 0 atom stereocenters. The van der Waals surface area contributed by atoms with Gasteiger partial charge < -0.3 is 0 Å². The van der Waals surface area contributed by atoms with E-state index in [2.05, 4.69) is 84.2 Å². The smallest absolute Gasteiger partial charge is 0.151 e. The van der Waals surface area contributed by atoms with Crippen LogP contribution in [0.15, 0.2) is 81.7 Å². The number of carbonyl (C=O) groups excluding carboxylic acids is 1. The van der Waals surface area contributed by atoms with Crippen molar-refractivity contribution < 1.29 is 4.79 Å². The van der Waals surface area contributed by atoms with Gasteiger partial charge in [0.25, 0.3) is 0 Å². The zero-order chi connectivity index (χ0) is 18.5. The molecule has 0 saturated carbocycles. The number of benzene rings is 4. The number of hydrogen-bond acceptors (Lipinski definition) is 1. The van der Waals surface area contributed by atoms with Gasteiger partial charge in [-0.1, -0.05) is 82.7 Å². The first-order valence-corrected chi connectivity index (χ1v) is 10.7. The predicted octanol–water partition coefficient (Wildman–Crippen LogP) is 7.91. The molecule has 1 nitrogen and oxygen atoms in total. The van der Waals surface area contributed by atoms with Crippen molar-refractivity contribution in [3.8, 4) is 0 Å². The number of halogens is 3. The molecule has 0 unspecified atom stereocenters. The van der Waals surface area contributed by atoms with Crippen LogP contribution < -0.4 is 0 Å². The Morgan fingerprint density at radius 2 is 1.23 bits per heavy atom. The van der Waals surface area contributed by atoms with E-state index in [0.717, 1.165) is 26.9 Å². The Morgan fingerprint density at radius 1 is 0.692 bits per heavy atom. The van der Waals surface area contributed by atoms with Gasteiger partial charge in [0.05, 0.1) is 0 Å². The molecule has 130 valence electrons. The first-order valence-electron chi connectivity index (χ1n) is 8.00. The molecule has 0 N–H and O–H groups in total. The Balaban J connectivity index is 0.000000151. The summed E-state index contributed by atoms with van der Waals surface area (Å²) in [5.74, 6) is 0. The average Bonchev–Trinajstić information content (AvgIpc) is 2.70. The van der Waals surface area contributed by atoms with Crippen LogP contribution in [-0.2, 0) is 5.33 Å². The quantitative estimate of drug-likeness (QED) is 0.189. The lowest BCUT2D eigenvalue weighted by Gasteiger charge is -2.04. The summed E-state index contributed by atoms with van der Waals surface area (Å²) in [5.41, 5.74) is 1.98. The summed E-state index contributed by atoms with van der Waals surface area (Å²) in [6.45, 7) is 0. The highest BCUT2D eigenvalue weighted by Gasteiger charge is 2.03. The Kier molecular flexibility index (Phi) is 6.63. The Bertz CT molecular complexity index is 1070. The molecular formula is C22H15Br3O. The zero-order valence-corrected chi connectivity index (χ0v) is 18.5. The second kappa shape index (κ2) is 8.94. The molecule has 4 heteroatoms. The van der Waals surface area contributed by atoms with Crippen molar-refractivity contribution >= 4 is 75.6 Å². The Labute approximate surface area is 177 Å². The van der Waals surface area contributed by atoms with Crippen LogP contribution in [-0.4, -0.2) is 6.29 Å². The van der Waals surface area contributed by atoms with Crippen LogP contribution in [0.25, 0.3) is 21.5 Å². The monoisotopic (exact) mass is 532 g/mol. The summed E-state index contributed by atoms with van der Waals surface area (Å²) in [4.78, 5) is 10.6. The van der Waals surface area contributed by atoms with Crippen molar-refractivity contribution in [1.82, 2.24) is 0 Å². The van der Waals surface area contributed by atoms with Gasteiger partial charge in [-0.3, -0.25) is 4.79 Å². The minimum absolute atomic E-state index is 0.693. The van der Waals surface area contributed by atoms with Crippen molar-refractivity contribution in [2.75, 3.05) is 0 Å². The fraction of sp³-hybridized carbons (Fsp3) is 0.0455. The minimum atomic E-state index is 0.693. The van der Waals surface area contributed by atoms with Gasteiger partial charge in [-0.2, -0.15) is 0 Å². The molecule has 0 saturated heterocycles. The van der Waals surface area contributed by atoms with E-state index in [4.69, 9.17) is 0 Å². The first-order chi connectivity index (χ1) is 12.7. The lowest BCUT2D eigenvalue weighted by molar-refractivity contribution is 0.112. The van der Waals surface area contributed by atoms with E-state index in [1.807, 2.05) is 36.4 Å². The lowest BCUT2D eigenvalue weighted by atomic mass is 10.1. The molecule has 0 amide bonds. The van der Waals surface area contributed by atoms with Crippen molar-refractivity contribution in [2.24, 2.45) is 0 Å². The summed E-state index contributed by atoms with van der Waals surface area (Å²) in [7, 11) is 0. The highest BCUT2D eigenvalue weighted by Crippen LogP contribution is 2.29. The van der Waals surface area contributed by atoms with Gasteiger partial charge in [0, 0.05) is 19.8 Å². The standard InChI is InChI=1S/C11H8Br2.C11H7BrO/c12-7-9-6-5-8-3-1-2-4-10(8)11(9)13;12-11-9(7-13)6-5-8-3-1-2-4-10(8)11/h1-6H,7H2;1-7H. The van der Waals surface area contributed by atoms with E-state index in [0.29, 0.717) is 5.56 Å². The van der Waals surface area contributed by atoms with Crippen LogP contribution in [0.5, 0.6) is 0 Å². The van der Waals surface area contributed by atoms with Crippen molar-refractivity contribution in [1.29, 1.82) is 0 Å². The van der Waals surface area contributed by atoms with Crippen molar-refractivity contribution in [3.63, 3.8) is 0 Å². The average molecular weight is 535 g/mol. The number of alkyl halides is 1. The maximum atomic E-state index is 10.6. The third-order valence-electron chi connectivity index (χ3n) is 4.11. The van der Waals surface area contributed by atoms with Crippen LogP contribution in [0.2, 0.25) is 0 Å². The molecule has 0 aliphatic carbocycles. The summed E-state index contributed by atoms with van der Waals surface area (Å²) >= 11 is 10.5. The van der Waals surface area contributed by atoms with Gasteiger partial charge in [-0.15, -0.1) is 0 Å². The minimum Gasteiger partial charge on any atom is -0.298 e. The normalized spacial score (nSPS) is 10.4. The second-order valence-electron chi connectivity index (χ2n) is 5.70. The number of fused-ring (bicyclic) bond motifs is 2. The van der Waals surface area contributed by atoms with Crippen molar-refractivity contribution in [2.45, 2.75) is 5.33 Å². The van der Waals surface area contributed by atoms with Gasteiger partial charge in [0.15, 0.2) is 6.29 Å². The first kappa shape index (κ1) is 19.3. The molecule has 0 aliphatic heterocycles. The van der Waals surface area contributed by atoms with Crippen LogP contribution in [0.1, 0.15) is 15.9 Å². The topological polar surface area (TPSA) is 17.1 Å². The maximum Gasteiger partial charge on any atom is 0.151 e. The largest absolute Gasteiger partial charge is 0.298 e. The SMILES string of the molecule is BrCc1ccc2ccccc2c1Br.O=Cc1ccc2ccccc2c1Br. The third-order valence-corrected chi connectivity index (χ3v) is 6.53. The molecule has 26 heavy (non-hydrogen) atoms. The van der Waals surface area contributed by atoms with E-state index in [1.54, 1.807) is 0 Å². The summed E-state index contributed by atoms with van der Waals surface area (Å²) < 4.78 is 2.07.